The van der Waals surface area contributed by atoms with Gasteiger partial charge in [-0.15, -0.1) is 0 Å². The van der Waals surface area contributed by atoms with Gasteiger partial charge in [0.1, 0.15) is 17.5 Å². The summed E-state index contributed by atoms with van der Waals surface area (Å²) in [7, 11) is -1.84. The van der Waals surface area contributed by atoms with E-state index < -0.39 is 21.5 Å². The molecular formula is C12H13F2N3O2S. The summed E-state index contributed by atoms with van der Waals surface area (Å²) < 4.78 is 50.9. The van der Waals surface area contributed by atoms with Gasteiger partial charge in [0.2, 0.25) is 0 Å². The van der Waals surface area contributed by atoms with Crippen molar-refractivity contribution >= 4 is 15.7 Å². The van der Waals surface area contributed by atoms with Gasteiger partial charge in [0.15, 0.2) is 9.84 Å². The SMILES string of the molecule is Cn1nc(CS(C)(=O)=O)c(-c2ccc(F)cc2F)c1N. The van der Waals surface area contributed by atoms with Crippen molar-refractivity contribution in [1.29, 1.82) is 0 Å². The van der Waals surface area contributed by atoms with Crippen molar-refractivity contribution in [1.82, 2.24) is 9.78 Å². The maximum atomic E-state index is 13.9. The zero-order valence-corrected chi connectivity index (χ0v) is 11.7. The Balaban J connectivity index is 2.66. The number of aromatic nitrogens is 2. The lowest BCUT2D eigenvalue weighted by Crippen LogP contribution is -2.03. The molecule has 2 N–H and O–H groups in total. The van der Waals surface area contributed by atoms with E-state index in [9.17, 15) is 17.2 Å². The van der Waals surface area contributed by atoms with Crippen LogP contribution in [-0.4, -0.2) is 24.5 Å². The Bertz CT molecular complexity index is 769. The monoisotopic (exact) mass is 301 g/mol. The van der Waals surface area contributed by atoms with E-state index in [1.54, 1.807) is 0 Å². The van der Waals surface area contributed by atoms with E-state index in [1.165, 1.54) is 17.8 Å². The summed E-state index contributed by atoms with van der Waals surface area (Å²) in [5.74, 6) is -1.79. The van der Waals surface area contributed by atoms with Crippen LogP contribution < -0.4 is 5.73 Å². The van der Waals surface area contributed by atoms with Crippen molar-refractivity contribution in [3.05, 3.63) is 35.5 Å². The Morgan fingerprint density at radius 2 is 2.00 bits per heavy atom. The van der Waals surface area contributed by atoms with Crippen LogP contribution in [0.2, 0.25) is 0 Å². The maximum absolute atomic E-state index is 13.9. The summed E-state index contributed by atoms with van der Waals surface area (Å²) in [5, 5.41) is 3.99. The Labute approximate surface area is 114 Å². The van der Waals surface area contributed by atoms with Gasteiger partial charge in [-0.1, -0.05) is 0 Å². The van der Waals surface area contributed by atoms with Gasteiger partial charge in [-0.2, -0.15) is 5.10 Å². The first kappa shape index (κ1) is 14.4. The van der Waals surface area contributed by atoms with Gasteiger partial charge in [-0.05, 0) is 12.1 Å². The fourth-order valence-electron chi connectivity index (χ4n) is 1.93. The molecule has 0 amide bonds. The average molecular weight is 301 g/mol. The third-order valence-corrected chi connectivity index (χ3v) is 3.56. The molecule has 20 heavy (non-hydrogen) atoms. The summed E-state index contributed by atoms with van der Waals surface area (Å²) in [6.07, 6.45) is 1.04. The summed E-state index contributed by atoms with van der Waals surface area (Å²) in [6, 6.07) is 3.00. The number of hydrogen-bond donors (Lipinski definition) is 1. The zero-order chi connectivity index (χ0) is 15.1. The Morgan fingerprint density at radius 3 is 2.55 bits per heavy atom. The molecule has 2 rings (SSSR count). The number of benzene rings is 1. The standard InChI is InChI=1S/C12H13F2N3O2S/c1-17-12(15)11(10(16-17)6-20(2,18)19)8-4-3-7(13)5-9(8)14/h3-5H,6,15H2,1-2H3. The molecule has 0 spiro atoms. The first-order valence-corrected chi connectivity index (χ1v) is 7.69. The third kappa shape index (κ3) is 2.79. The molecular weight excluding hydrogens is 288 g/mol. The van der Waals surface area contributed by atoms with Crippen LogP contribution in [0.1, 0.15) is 5.69 Å². The molecule has 8 heteroatoms. The van der Waals surface area contributed by atoms with Crippen LogP contribution in [-0.2, 0) is 22.6 Å². The highest BCUT2D eigenvalue weighted by Crippen LogP contribution is 2.32. The minimum absolute atomic E-state index is 0.0238. The van der Waals surface area contributed by atoms with Gasteiger partial charge in [0.05, 0.1) is 17.0 Å². The highest BCUT2D eigenvalue weighted by molar-refractivity contribution is 7.89. The molecule has 0 saturated carbocycles. The minimum Gasteiger partial charge on any atom is -0.383 e. The lowest BCUT2D eigenvalue weighted by atomic mass is 10.1. The Kier molecular flexibility index (Phi) is 3.51. The normalized spacial score (nSPS) is 11.8. The van der Waals surface area contributed by atoms with E-state index in [0.717, 1.165) is 12.3 Å². The van der Waals surface area contributed by atoms with Crippen LogP contribution in [0.3, 0.4) is 0 Å². The van der Waals surface area contributed by atoms with Crippen molar-refractivity contribution in [2.24, 2.45) is 7.05 Å². The number of halogens is 2. The molecule has 0 aliphatic carbocycles. The number of nitrogens with zero attached hydrogens (tertiary/aromatic N) is 2. The minimum atomic E-state index is -3.36. The summed E-state index contributed by atoms with van der Waals surface area (Å²) in [4.78, 5) is 0. The molecule has 0 radical (unpaired) electrons. The van der Waals surface area contributed by atoms with Crippen LogP contribution in [0.4, 0.5) is 14.6 Å². The zero-order valence-electron chi connectivity index (χ0n) is 10.9. The van der Waals surface area contributed by atoms with Crippen LogP contribution in [0.25, 0.3) is 11.1 Å². The molecule has 0 atom stereocenters. The summed E-state index contributed by atoms with van der Waals surface area (Å²) in [5.41, 5.74) is 6.14. The van der Waals surface area contributed by atoms with Crippen molar-refractivity contribution in [2.45, 2.75) is 5.75 Å². The van der Waals surface area contributed by atoms with Crippen molar-refractivity contribution < 1.29 is 17.2 Å². The number of nitrogens with two attached hydrogens (primary N) is 1. The predicted octanol–water partition coefficient (Wildman–Crippen LogP) is 1.49. The van der Waals surface area contributed by atoms with E-state index in [2.05, 4.69) is 5.10 Å². The molecule has 5 nitrogen and oxygen atoms in total. The number of sulfone groups is 1. The molecule has 1 aromatic heterocycles. The average Bonchev–Trinajstić information content (AvgIpc) is 2.53. The Hall–Kier alpha value is -1.96. The van der Waals surface area contributed by atoms with E-state index in [-0.39, 0.29) is 28.4 Å². The second-order valence-electron chi connectivity index (χ2n) is 4.52. The molecule has 2 aromatic rings. The van der Waals surface area contributed by atoms with Gasteiger partial charge in [-0.3, -0.25) is 4.68 Å². The van der Waals surface area contributed by atoms with Crippen LogP contribution >= 0.6 is 0 Å². The molecule has 108 valence electrons. The predicted molar refractivity (Wildman–Crippen MR) is 71.5 cm³/mol. The molecule has 0 aliphatic heterocycles. The number of aryl methyl sites for hydroxylation is 1. The van der Waals surface area contributed by atoms with Crippen molar-refractivity contribution in [3.8, 4) is 11.1 Å². The quantitative estimate of drug-likeness (QED) is 0.931. The molecule has 1 heterocycles. The fraction of sp³-hybridized carbons (Fsp3) is 0.250. The first-order chi connectivity index (χ1) is 9.19. The highest BCUT2D eigenvalue weighted by Gasteiger charge is 2.21. The molecule has 0 aliphatic rings. The molecule has 1 aromatic carbocycles. The Morgan fingerprint density at radius 1 is 1.35 bits per heavy atom. The molecule has 0 fully saturated rings. The summed E-state index contributed by atoms with van der Waals surface area (Å²) in [6.45, 7) is 0. The van der Waals surface area contributed by atoms with Crippen LogP contribution in [0.5, 0.6) is 0 Å². The van der Waals surface area contributed by atoms with E-state index in [1.807, 2.05) is 0 Å². The number of nitrogen functional groups attached to an aromatic ring is 1. The number of anilines is 1. The highest BCUT2D eigenvalue weighted by atomic mass is 32.2. The van der Waals surface area contributed by atoms with Gasteiger partial charge in [0.25, 0.3) is 0 Å². The van der Waals surface area contributed by atoms with E-state index in [0.29, 0.717) is 6.07 Å². The second kappa shape index (κ2) is 4.86. The maximum Gasteiger partial charge on any atom is 0.153 e. The van der Waals surface area contributed by atoms with Gasteiger partial charge < -0.3 is 5.73 Å². The van der Waals surface area contributed by atoms with Crippen LogP contribution in [0, 0.1) is 11.6 Å². The largest absolute Gasteiger partial charge is 0.383 e. The lowest BCUT2D eigenvalue weighted by Gasteiger charge is -2.05. The molecule has 0 bridgehead atoms. The smallest absolute Gasteiger partial charge is 0.153 e. The van der Waals surface area contributed by atoms with Crippen LogP contribution in [0.15, 0.2) is 18.2 Å². The molecule has 0 saturated heterocycles. The van der Waals surface area contributed by atoms with Gasteiger partial charge >= 0.3 is 0 Å². The lowest BCUT2D eigenvalue weighted by molar-refractivity contribution is 0.585. The summed E-state index contributed by atoms with van der Waals surface area (Å²) >= 11 is 0. The third-order valence-electron chi connectivity index (χ3n) is 2.76. The van der Waals surface area contributed by atoms with E-state index >= 15 is 0 Å². The van der Waals surface area contributed by atoms with Crippen molar-refractivity contribution in [2.75, 3.05) is 12.0 Å². The second-order valence-corrected chi connectivity index (χ2v) is 6.66. The fourth-order valence-corrected chi connectivity index (χ4v) is 2.63. The number of rotatable bonds is 3. The van der Waals surface area contributed by atoms with Crippen molar-refractivity contribution in [3.63, 3.8) is 0 Å². The topological polar surface area (TPSA) is 78.0 Å². The number of hydrogen-bond acceptors (Lipinski definition) is 4. The molecule has 0 unspecified atom stereocenters. The van der Waals surface area contributed by atoms with Gasteiger partial charge in [-0.25, -0.2) is 17.2 Å². The first-order valence-electron chi connectivity index (χ1n) is 5.63. The van der Waals surface area contributed by atoms with Gasteiger partial charge in [0, 0.05) is 24.9 Å². The van der Waals surface area contributed by atoms with E-state index in [4.69, 9.17) is 5.73 Å².